The van der Waals surface area contributed by atoms with E-state index in [9.17, 15) is 4.79 Å². The Bertz CT molecular complexity index is 639. The Morgan fingerprint density at radius 3 is 2.55 bits per heavy atom. The molecule has 0 bridgehead atoms. The molecule has 0 saturated carbocycles. The molecule has 104 valence electrons. The van der Waals surface area contributed by atoms with Crippen LogP contribution in [0.25, 0.3) is 10.8 Å². The number of fused-ring (bicyclic) bond motifs is 1. The van der Waals surface area contributed by atoms with Crippen LogP contribution in [0.2, 0.25) is 0 Å². The number of carbonyl (C=O) groups excluding carboxylic acids is 1. The second kappa shape index (κ2) is 6.24. The zero-order valence-electron chi connectivity index (χ0n) is 12.1. The molecule has 0 heterocycles. The van der Waals surface area contributed by atoms with Gasteiger partial charge in [-0.2, -0.15) is 0 Å². The van der Waals surface area contributed by atoms with Crippen molar-refractivity contribution in [3.05, 3.63) is 54.2 Å². The highest BCUT2D eigenvalue weighted by molar-refractivity contribution is 6.01. The van der Waals surface area contributed by atoms with Gasteiger partial charge in [-0.25, -0.2) is 4.79 Å². The van der Waals surface area contributed by atoms with Gasteiger partial charge in [-0.05, 0) is 24.3 Å². The molecule has 0 spiro atoms. The summed E-state index contributed by atoms with van der Waals surface area (Å²) in [7, 11) is 0. The smallest absolute Gasteiger partial charge is 0.314 e. The summed E-state index contributed by atoms with van der Waals surface area (Å²) in [5.41, 5.74) is 1.95. The van der Waals surface area contributed by atoms with E-state index >= 15 is 0 Å². The molecule has 0 saturated heterocycles. The van der Waals surface area contributed by atoms with Gasteiger partial charge in [0.25, 0.3) is 0 Å². The third-order valence-corrected chi connectivity index (χ3v) is 3.38. The molecule has 2 N–H and O–H groups in total. The minimum atomic E-state index is -0.221. The third kappa shape index (κ3) is 3.38. The minimum absolute atomic E-state index is 0.221. The number of amides is 2. The highest BCUT2D eigenvalue weighted by atomic mass is 16.2. The average Bonchev–Trinajstić information content (AvgIpc) is 2.45. The quantitative estimate of drug-likeness (QED) is 0.844. The van der Waals surface area contributed by atoms with Gasteiger partial charge in [0.1, 0.15) is 0 Å². The van der Waals surface area contributed by atoms with Gasteiger partial charge in [0.2, 0.25) is 0 Å². The van der Waals surface area contributed by atoms with Crippen molar-refractivity contribution in [2.45, 2.75) is 20.8 Å². The van der Waals surface area contributed by atoms with Crippen molar-refractivity contribution in [1.29, 1.82) is 0 Å². The summed E-state index contributed by atoms with van der Waals surface area (Å²) in [4.78, 5) is 11.9. The molecule has 20 heavy (non-hydrogen) atoms. The summed E-state index contributed by atoms with van der Waals surface area (Å²) in [6.07, 6.45) is 1.76. The lowest BCUT2D eigenvalue weighted by atomic mass is 10.1. The van der Waals surface area contributed by atoms with Gasteiger partial charge >= 0.3 is 6.03 Å². The van der Waals surface area contributed by atoms with Gasteiger partial charge in [-0.15, -0.1) is 0 Å². The SMILES string of the molecule is C/C(=C\NC(=O)Nc1cccc2ccccc12)C(C)C. The zero-order chi connectivity index (χ0) is 14.5. The maximum Gasteiger partial charge on any atom is 0.323 e. The van der Waals surface area contributed by atoms with Crippen molar-refractivity contribution < 1.29 is 4.79 Å². The van der Waals surface area contributed by atoms with E-state index in [1.54, 1.807) is 6.20 Å². The molecule has 0 aromatic heterocycles. The summed E-state index contributed by atoms with van der Waals surface area (Å²) in [6, 6.07) is 13.6. The van der Waals surface area contributed by atoms with Crippen LogP contribution < -0.4 is 10.6 Å². The van der Waals surface area contributed by atoms with Crippen molar-refractivity contribution in [3.63, 3.8) is 0 Å². The lowest BCUT2D eigenvalue weighted by molar-refractivity contribution is 0.255. The molecule has 3 nitrogen and oxygen atoms in total. The summed E-state index contributed by atoms with van der Waals surface area (Å²) >= 11 is 0. The fourth-order valence-electron chi connectivity index (χ4n) is 1.84. The number of urea groups is 1. The Morgan fingerprint density at radius 1 is 1.10 bits per heavy atom. The van der Waals surface area contributed by atoms with Gasteiger partial charge in [-0.1, -0.05) is 55.8 Å². The van der Waals surface area contributed by atoms with E-state index in [0.29, 0.717) is 5.92 Å². The van der Waals surface area contributed by atoms with E-state index in [0.717, 1.165) is 22.0 Å². The number of benzene rings is 2. The maximum atomic E-state index is 11.9. The van der Waals surface area contributed by atoms with Crippen molar-refractivity contribution in [3.8, 4) is 0 Å². The van der Waals surface area contributed by atoms with Crippen LogP contribution in [0.1, 0.15) is 20.8 Å². The highest BCUT2D eigenvalue weighted by Gasteiger charge is 2.04. The van der Waals surface area contributed by atoms with Crippen molar-refractivity contribution in [2.24, 2.45) is 5.92 Å². The largest absolute Gasteiger partial charge is 0.323 e. The first-order valence-electron chi connectivity index (χ1n) is 6.80. The van der Waals surface area contributed by atoms with E-state index < -0.39 is 0 Å². The van der Waals surface area contributed by atoms with E-state index in [1.165, 1.54) is 0 Å². The lowest BCUT2D eigenvalue weighted by Crippen LogP contribution is -2.24. The van der Waals surface area contributed by atoms with E-state index in [2.05, 4.69) is 24.5 Å². The van der Waals surface area contributed by atoms with Crippen LogP contribution in [0, 0.1) is 5.92 Å². The van der Waals surface area contributed by atoms with Crippen LogP contribution >= 0.6 is 0 Å². The number of anilines is 1. The molecule has 0 fully saturated rings. The molecule has 2 amide bonds. The van der Waals surface area contributed by atoms with Crippen LogP contribution in [0.5, 0.6) is 0 Å². The summed E-state index contributed by atoms with van der Waals surface area (Å²) in [6.45, 7) is 6.19. The number of allylic oxidation sites excluding steroid dienone is 1. The molecule has 2 rings (SSSR count). The molecule has 0 aliphatic rings. The lowest BCUT2D eigenvalue weighted by Gasteiger charge is -2.10. The van der Waals surface area contributed by atoms with Gasteiger partial charge in [-0.3, -0.25) is 0 Å². The number of hydrogen-bond donors (Lipinski definition) is 2. The Hall–Kier alpha value is -2.29. The molecular weight excluding hydrogens is 248 g/mol. The second-order valence-electron chi connectivity index (χ2n) is 5.17. The molecule has 0 radical (unpaired) electrons. The molecule has 3 heteroatoms. The van der Waals surface area contributed by atoms with Crippen molar-refractivity contribution in [2.75, 3.05) is 5.32 Å². The van der Waals surface area contributed by atoms with Crippen molar-refractivity contribution in [1.82, 2.24) is 5.32 Å². The second-order valence-corrected chi connectivity index (χ2v) is 5.17. The molecule has 2 aromatic carbocycles. The number of hydrogen-bond acceptors (Lipinski definition) is 1. The average molecular weight is 268 g/mol. The number of rotatable bonds is 3. The van der Waals surface area contributed by atoms with E-state index in [1.807, 2.05) is 49.4 Å². The zero-order valence-corrected chi connectivity index (χ0v) is 12.1. The van der Waals surface area contributed by atoms with Gasteiger partial charge in [0.15, 0.2) is 0 Å². The van der Waals surface area contributed by atoms with Crippen LogP contribution in [0.4, 0.5) is 10.5 Å². The Labute approximate surface area is 119 Å². The number of carbonyl (C=O) groups is 1. The summed E-state index contributed by atoms with van der Waals surface area (Å²) in [5.74, 6) is 0.424. The molecule has 2 aromatic rings. The van der Waals surface area contributed by atoms with Crippen LogP contribution in [0.3, 0.4) is 0 Å². The Kier molecular flexibility index (Phi) is 4.41. The maximum absolute atomic E-state index is 11.9. The van der Waals surface area contributed by atoms with Gasteiger partial charge in [0.05, 0.1) is 5.69 Å². The topological polar surface area (TPSA) is 41.1 Å². The van der Waals surface area contributed by atoms with Crippen LogP contribution in [-0.2, 0) is 0 Å². The van der Waals surface area contributed by atoms with Crippen LogP contribution in [0.15, 0.2) is 54.2 Å². The normalized spacial score (nSPS) is 11.7. The first-order chi connectivity index (χ1) is 9.58. The molecule has 0 aliphatic carbocycles. The predicted molar refractivity (Wildman–Crippen MR) is 84.7 cm³/mol. The standard InChI is InChI=1S/C17H20N2O/c1-12(2)13(3)11-18-17(20)19-16-10-6-8-14-7-4-5-9-15(14)16/h4-12H,1-3H3,(H2,18,19,20)/b13-11+. The first kappa shape index (κ1) is 14.1. The Morgan fingerprint density at radius 2 is 1.80 bits per heavy atom. The van der Waals surface area contributed by atoms with E-state index in [-0.39, 0.29) is 6.03 Å². The van der Waals surface area contributed by atoms with Gasteiger partial charge in [0, 0.05) is 11.6 Å². The predicted octanol–water partition coefficient (Wildman–Crippen LogP) is 4.52. The molecule has 0 atom stereocenters. The Balaban J connectivity index is 2.13. The fraction of sp³-hybridized carbons (Fsp3) is 0.235. The molecular formula is C17H20N2O. The van der Waals surface area contributed by atoms with E-state index in [4.69, 9.17) is 0 Å². The van der Waals surface area contributed by atoms with Crippen LogP contribution in [-0.4, -0.2) is 6.03 Å². The monoisotopic (exact) mass is 268 g/mol. The third-order valence-electron chi connectivity index (χ3n) is 3.38. The summed E-state index contributed by atoms with van der Waals surface area (Å²) < 4.78 is 0. The number of nitrogens with one attached hydrogen (secondary N) is 2. The molecule has 0 aliphatic heterocycles. The minimum Gasteiger partial charge on any atom is -0.314 e. The highest BCUT2D eigenvalue weighted by Crippen LogP contribution is 2.22. The fourth-order valence-corrected chi connectivity index (χ4v) is 1.84. The van der Waals surface area contributed by atoms with Crippen molar-refractivity contribution >= 4 is 22.5 Å². The van der Waals surface area contributed by atoms with Gasteiger partial charge < -0.3 is 10.6 Å². The summed E-state index contributed by atoms with van der Waals surface area (Å²) in [5, 5.41) is 7.80. The first-order valence-corrected chi connectivity index (χ1v) is 6.80. The molecule has 0 unspecified atom stereocenters.